The van der Waals surface area contributed by atoms with E-state index in [9.17, 15) is 9.18 Å². The zero-order valence-corrected chi connectivity index (χ0v) is 11.2. The Bertz CT molecular complexity index is 685. The van der Waals surface area contributed by atoms with Gasteiger partial charge in [-0.05, 0) is 48.4 Å². The summed E-state index contributed by atoms with van der Waals surface area (Å²) in [4.78, 5) is 13.1. The highest BCUT2D eigenvalue weighted by Crippen LogP contribution is 2.39. The molecule has 5 heteroatoms. The largest absolute Gasteiger partial charge is 0.478 e. The third kappa shape index (κ3) is 2.02. The van der Waals surface area contributed by atoms with Crippen molar-refractivity contribution in [1.82, 2.24) is 0 Å². The van der Waals surface area contributed by atoms with Crippen molar-refractivity contribution >= 4 is 28.9 Å². The molecule has 0 atom stereocenters. The van der Waals surface area contributed by atoms with Crippen LogP contribution in [0.2, 0.25) is 5.02 Å². The number of rotatable bonds is 2. The van der Waals surface area contributed by atoms with Crippen LogP contribution in [-0.2, 0) is 6.42 Å². The molecule has 2 aromatic rings. The third-order valence-corrected chi connectivity index (χ3v) is 3.90. The minimum absolute atomic E-state index is 0.117. The summed E-state index contributed by atoms with van der Waals surface area (Å²) in [5.41, 5.74) is 2.69. The van der Waals surface area contributed by atoms with E-state index in [1.807, 2.05) is 4.90 Å². The average Bonchev–Trinajstić information content (AvgIpc) is 2.84. The average molecular weight is 292 g/mol. The maximum Gasteiger partial charge on any atom is 0.337 e. The van der Waals surface area contributed by atoms with E-state index in [1.165, 1.54) is 18.2 Å². The fraction of sp³-hybridized carbons (Fsp3) is 0.133. The molecule has 20 heavy (non-hydrogen) atoms. The highest BCUT2D eigenvalue weighted by Gasteiger charge is 2.25. The molecule has 0 aliphatic carbocycles. The number of carbonyl (C=O) groups is 1. The van der Waals surface area contributed by atoms with Crippen molar-refractivity contribution in [3.05, 3.63) is 58.4 Å². The van der Waals surface area contributed by atoms with E-state index < -0.39 is 5.97 Å². The molecular weight excluding hydrogens is 281 g/mol. The Morgan fingerprint density at radius 3 is 2.55 bits per heavy atom. The summed E-state index contributed by atoms with van der Waals surface area (Å²) in [6, 6.07) is 9.46. The molecule has 1 aliphatic rings. The SMILES string of the molecule is O=C(O)c1ccc2c(c1Cl)CCN2c1ccc(F)cc1. The van der Waals surface area contributed by atoms with Crippen LogP contribution in [0.5, 0.6) is 0 Å². The fourth-order valence-corrected chi connectivity index (χ4v) is 2.84. The van der Waals surface area contributed by atoms with Gasteiger partial charge in [0.1, 0.15) is 5.82 Å². The Labute approximate surface area is 120 Å². The van der Waals surface area contributed by atoms with E-state index in [-0.39, 0.29) is 11.4 Å². The lowest BCUT2D eigenvalue weighted by atomic mass is 10.1. The fourth-order valence-electron chi connectivity index (χ4n) is 2.50. The molecule has 0 aromatic heterocycles. The van der Waals surface area contributed by atoms with Crippen molar-refractivity contribution in [3.63, 3.8) is 0 Å². The Balaban J connectivity index is 2.05. The Morgan fingerprint density at radius 1 is 1.20 bits per heavy atom. The van der Waals surface area contributed by atoms with E-state index in [2.05, 4.69) is 0 Å². The minimum Gasteiger partial charge on any atom is -0.478 e. The smallest absolute Gasteiger partial charge is 0.337 e. The second kappa shape index (κ2) is 4.80. The van der Waals surface area contributed by atoms with Crippen LogP contribution in [0, 0.1) is 5.82 Å². The maximum absolute atomic E-state index is 13.0. The van der Waals surface area contributed by atoms with Gasteiger partial charge in [-0.3, -0.25) is 0 Å². The van der Waals surface area contributed by atoms with Crippen LogP contribution in [0.25, 0.3) is 0 Å². The summed E-state index contributed by atoms with van der Waals surface area (Å²) in [6.07, 6.45) is 0.673. The van der Waals surface area contributed by atoms with E-state index in [0.717, 1.165) is 16.9 Å². The van der Waals surface area contributed by atoms with Crippen LogP contribution in [-0.4, -0.2) is 17.6 Å². The van der Waals surface area contributed by atoms with Crippen LogP contribution in [0.15, 0.2) is 36.4 Å². The predicted molar refractivity (Wildman–Crippen MR) is 75.5 cm³/mol. The summed E-state index contributed by atoms with van der Waals surface area (Å²) in [5, 5.41) is 9.36. The number of aromatic carboxylic acids is 1. The minimum atomic E-state index is -1.03. The van der Waals surface area contributed by atoms with Gasteiger partial charge >= 0.3 is 5.97 Å². The number of halogens is 2. The van der Waals surface area contributed by atoms with Gasteiger partial charge in [0.25, 0.3) is 0 Å². The van der Waals surface area contributed by atoms with Gasteiger partial charge in [0.15, 0.2) is 0 Å². The standard InChI is InChI=1S/C15H11ClFNO2/c16-14-11-7-8-18(10-3-1-9(17)2-4-10)13(11)6-5-12(14)15(19)20/h1-6H,7-8H2,(H,19,20). The molecule has 0 spiro atoms. The Hall–Kier alpha value is -2.07. The molecule has 0 amide bonds. The summed E-state index contributed by atoms with van der Waals surface area (Å²) in [6.45, 7) is 0.698. The molecule has 0 bridgehead atoms. The molecule has 1 aliphatic heterocycles. The molecule has 1 N–H and O–H groups in total. The molecule has 1 heterocycles. The summed E-state index contributed by atoms with van der Waals surface area (Å²) in [7, 11) is 0. The quantitative estimate of drug-likeness (QED) is 0.913. The van der Waals surface area contributed by atoms with Gasteiger partial charge in [0.2, 0.25) is 0 Å². The molecule has 3 nitrogen and oxygen atoms in total. The third-order valence-electron chi connectivity index (χ3n) is 3.46. The Kier molecular flexibility index (Phi) is 3.10. The Morgan fingerprint density at radius 2 is 1.90 bits per heavy atom. The second-order valence-corrected chi connectivity index (χ2v) is 4.99. The summed E-state index contributed by atoms with van der Waals surface area (Å²) < 4.78 is 13.0. The van der Waals surface area contributed by atoms with Crippen molar-refractivity contribution in [2.24, 2.45) is 0 Å². The first-order valence-electron chi connectivity index (χ1n) is 6.15. The van der Waals surface area contributed by atoms with E-state index >= 15 is 0 Å². The summed E-state index contributed by atoms with van der Waals surface area (Å²) >= 11 is 6.16. The van der Waals surface area contributed by atoms with E-state index in [0.29, 0.717) is 18.0 Å². The van der Waals surface area contributed by atoms with E-state index in [1.54, 1.807) is 18.2 Å². The molecule has 2 aromatic carbocycles. The van der Waals surface area contributed by atoms with Crippen molar-refractivity contribution < 1.29 is 14.3 Å². The van der Waals surface area contributed by atoms with Gasteiger partial charge in [0, 0.05) is 17.9 Å². The van der Waals surface area contributed by atoms with Crippen LogP contribution in [0.3, 0.4) is 0 Å². The molecule has 0 unspecified atom stereocenters. The highest BCUT2D eigenvalue weighted by molar-refractivity contribution is 6.34. The van der Waals surface area contributed by atoms with Crippen molar-refractivity contribution in [2.75, 3.05) is 11.4 Å². The topological polar surface area (TPSA) is 40.5 Å². The number of nitrogens with zero attached hydrogens (tertiary/aromatic N) is 1. The van der Waals surface area contributed by atoms with Gasteiger partial charge in [-0.15, -0.1) is 0 Å². The first-order chi connectivity index (χ1) is 9.58. The molecule has 3 rings (SSSR count). The zero-order valence-electron chi connectivity index (χ0n) is 10.4. The first kappa shape index (κ1) is 12.9. The van der Waals surface area contributed by atoms with Crippen LogP contribution in [0.4, 0.5) is 15.8 Å². The first-order valence-corrected chi connectivity index (χ1v) is 6.53. The van der Waals surface area contributed by atoms with Crippen molar-refractivity contribution in [3.8, 4) is 0 Å². The lowest BCUT2D eigenvalue weighted by Gasteiger charge is -2.19. The van der Waals surface area contributed by atoms with Crippen LogP contribution < -0.4 is 4.90 Å². The molecule has 0 saturated carbocycles. The second-order valence-electron chi connectivity index (χ2n) is 4.61. The van der Waals surface area contributed by atoms with E-state index in [4.69, 9.17) is 16.7 Å². The lowest BCUT2D eigenvalue weighted by Crippen LogP contribution is -2.13. The van der Waals surface area contributed by atoms with Gasteiger partial charge in [-0.1, -0.05) is 11.6 Å². The predicted octanol–water partition coefficient (Wildman–Crippen LogP) is 3.87. The summed E-state index contributed by atoms with van der Waals surface area (Å²) in [5.74, 6) is -1.31. The van der Waals surface area contributed by atoms with Gasteiger partial charge in [-0.25, -0.2) is 9.18 Å². The number of benzene rings is 2. The lowest BCUT2D eigenvalue weighted by molar-refractivity contribution is 0.0697. The molecule has 0 radical (unpaired) electrons. The zero-order chi connectivity index (χ0) is 14.3. The van der Waals surface area contributed by atoms with Crippen LogP contribution >= 0.6 is 11.6 Å². The van der Waals surface area contributed by atoms with Gasteiger partial charge < -0.3 is 10.0 Å². The van der Waals surface area contributed by atoms with Crippen LogP contribution in [0.1, 0.15) is 15.9 Å². The number of fused-ring (bicyclic) bond motifs is 1. The number of carboxylic acids is 1. The normalized spacial score (nSPS) is 13.4. The molecule has 0 fully saturated rings. The molecule has 102 valence electrons. The molecular formula is C15H11ClFNO2. The van der Waals surface area contributed by atoms with Crippen molar-refractivity contribution in [2.45, 2.75) is 6.42 Å². The van der Waals surface area contributed by atoms with Crippen molar-refractivity contribution in [1.29, 1.82) is 0 Å². The maximum atomic E-state index is 13.0. The van der Waals surface area contributed by atoms with Gasteiger partial charge in [0.05, 0.1) is 10.6 Å². The number of carboxylic acid groups (broad SMARTS) is 1. The molecule has 0 saturated heterocycles. The number of hydrogen-bond donors (Lipinski definition) is 1. The van der Waals surface area contributed by atoms with Gasteiger partial charge in [-0.2, -0.15) is 0 Å². The monoisotopic (exact) mass is 291 g/mol. The number of hydrogen-bond acceptors (Lipinski definition) is 2. The highest BCUT2D eigenvalue weighted by atomic mass is 35.5. The number of anilines is 2.